The molecule has 0 aliphatic rings. The molecule has 0 radical (unpaired) electrons. The second-order valence-electron chi connectivity index (χ2n) is 5.46. The molecule has 0 saturated carbocycles. The van der Waals surface area contributed by atoms with Crippen LogP contribution in [0.4, 0.5) is 0 Å². The van der Waals surface area contributed by atoms with Crippen molar-refractivity contribution in [2.75, 3.05) is 6.61 Å². The van der Waals surface area contributed by atoms with Gasteiger partial charge in [-0.15, -0.1) is 0 Å². The van der Waals surface area contributed by atoms with Gasteiger partial charge in [-0.1, -0.05) is 32.0 Å². The first-order valence-electron chi connectivity index (χ1n) is 6.93. The lowest BCUT2D eigenvalue weighted by Gasteiger charge is -2.15. The fraction of sp³-hybridized carbons (Fsp3) is 0.312. The molecule has 1 unspecified atom stereocenters. The van der Waals surface area contributed by atoms with Crippen LogP contribution in [0.5, 0.6) is 0 Å². The van der Waals surface area contributed by atoms with Crippen molar-refractivity contribution in [2.24, 2.45) is 5.92 Å². The molecule has 4 nitrogen and oxygen atoms in total. The highest BCUT2D eigenvalue weighted by atomic mass is 16.3. The lowest BCUT2D eigenvalue weighted by molar-refractivity contribution is 0.232. The summed E-state index contributed by atoms with van der Waals surface area (Å²) in [5, 5.41) is 10.7. The Morgan fingerprint density at radius 2 is 2.05 bits per heavy atom. The summed E-state index contributed by atoms with van der Waals surface area (Å²) in [5.74, 6) is 1.25. The average Bonchev–Trinajstić information content (AvgIpc) is 3.05. The van der Waals surface area contributed by atoms with Crippen molar-refractivity contribution in [1.82, 2.24) is 15.0 Å². The maximum absolute atomic E-state index is 9.50. The topological polar surface area (TPSA) is 64.7 Å². The molecule has 1 aromatic carbocycles. The molecule has 3 N–H and O–H groups in total. The number of aliphatic hydroxyl groups excluding tert-OH is 1. The maximum Gasteiger partial charge on any atom is 0.112 e. The van der Waals surface area contributed by atoms with E-state index < -0.39 is 0 Å². The molecule has 20 heavy (non-hydrogen) atoms. The Labute approximate surface area is 117 Å². The molecule has 0 aliphatic heterocycles. The number of aromatic nitrogens is 3. The van der Waals surface area contributed by atoms with E-state index in [4.69, 9.17) is 0 Å². The van der Waals surface area contributed by atoms with Gasteiger partial charge in [0.25, 0.3) is 0 Å². The zero-order valence-electron chi connectivity index (χ0n) is 11.7. The Hall–Kier alpha value is -2.07. The summed E-state index contributed by atoms with van der Waals surface area (Å²) in [6.07, 6.45) is 3.83. The quantitative estimate of drug-likeness (QED) is 0.680. The van der Waals surface area contributed by atoms with Crippen LogP contribution < -0.4 is 0 Å². The van der Waals surface area contributed by atoms with E-state index in [1.165, 1.54) is 5.39 Å². The van der Waals surface area contributed by atoms with Crippen LogP contribution in [0.15, 0.2) is 36.7 Å². The van der Waals surface area contributed by atoms with Crippen molar-refractivity contribution in [3.05, 3.63) is 42.5 Å². The van der Waals surface area contributed by atoms with Gasteiger partial charge in [0, 0.05) is 28.6 Å². The average molecular weight is 269 g/mol. The van der Waals surface area contributed by atoms with Crippen molar-refractivity contribution in [3.8, 4) is 11.3 Å². The maximum atomic E-state index is 9.50. The number of nitrogens with one attached hydrogen (secondary N) is 2. The Morgan fingerprint density at radius 1 is 1.25 bits per heavy atom. The summed E-state index contributed by atoms with van der Waals surface area (Å²) >= 11 is 0. The first-order chi connectivity index (χ1) is 9.70. The van der Waals surface area contributed by atoms with Gasteiger partial charge in [-0.3, -0.25) is 0 Å². The highest BCUT2D eigenvalue weighted by Crippen LogP contribution is 2.29. The zero-order valence-corrected chi connectivity index (χ0v) is 11.7. The van der Waals surface area contributed by atoms with Crippen LogP contribution in [0.1, 0.15) is 25.6 Å². The third kappa shape index (κ3) is 2.12. The molecule has 4 heteroatoms. The molecule has 3 rings (SSSR count). The van der Waals surface area contributed by atoms with E-state index in [-0.39, 0.29) is 12.5 Å². The minimum atomic E-state index is 0.0500. The van der Waals surface area contributed by atoms with E-state index in [1.807, 2.05) is 24.5 Å². The van der Waals surface area contributed by atoms with Crippen molar-refractivity contribution in [2.45, 2.75) is 19.8 Å². The summed E-state index contributed by atoms with van der Waals surface area (Å²) in [4.78, 5) is 11.1. The van der Waals surface area contributed by atoms with E-state index in [0.29, 0.717) is 5.92 Å². The van der Waals surface area contributed by atoms with Crippen LogP contribution in [-0.2, 0) is 0 Å². The van der Waals surface area contributed by atoms with Crippen LogP contribution >= 0.6 is 0 Å². The van der Waals surface area contributed by atoms with Crippen LogP contribution in [0.3, 0.4) is 0 Å². The summed E-state index contributed by atoms with van der Waals surface area (Å²) in [7, 11) is 0. The molecule has 0 aliphatic carbocycles. The highest BCUT2D eigenvalue weighted by molar-refractivity contribution is 5.94. The smallest absolute Gasteiger partial charge is 0.112 e. The monoisotopic (exact) mass is 269 g/mol. The van der Waals surface area contributed by atoms with Crippen LogP contribution in [0.25, 0.3) is 22.2 Å². The molecular formula is C16H19N3O. The van der Waals surface area contributed by atoms with Gasteiger partial charge in [0.1, 0.15) is 5.82 Å². The molecule has 0 amide bonds. The number of nitrogens with zero attached hydrogens (tertiary/aromatic N) is 1. The number of aliphatic hydroxyl groups is 1. The normalized spacial score (nSPS) is 13.2. The summed E-state index contributed by atoms with van der Waals surface area (Å²) in [6.45, 7) is 4.29. The van der Waals surface area contributed by atoms with Gasteiger partial charge in [0.05, 0.1) is 18.5 Å². The molecule has 2 aromatic heterocycles. The van der Waals surface area contributed by atoms with E-state index >= 15 is 0 Å². The molecule has 0 bridgehead atoms. The van der Waals surface area contributed by atoms with Crippen molar-refractivity contribution in [1.29, 1.82) is 0 Å². The van der Waals surface area contributed by atoms with Gasteiger partial charge in [0.15, 0.2) is 0 Å². The molecular weight excluding hydrogens is 250 g/mol. The number of para-hydroxylation sites is 1. The van der Waals surface area contributed by atoms with Gasteiger partial charge < -0.3 is 15.1 Å². The number of aromatic amines is 2. The zero-order chi connectivity index (χ0) is 14.1. The summed E-state index contributed by atoms with van der Waals surface area (Å²) in [6, 6.07) is 8.19. The SMILES string of the molecule is CC(C)C(CO)c1ncc(-c2c[nH]c3ccccc23)[nH]1. The minimum absolute atomic E-state index is 0.0500. The van der Waals surface area contributed by atoms with Crippen molar-refractivity contribution < 1.29 is 5.11 Å². The van der Waals surface area contributed by atoms with Crippen molar-refractivity contribution in [3.63, 3.8) is 0 Å². The number of imidazole rings is 1. The molecule has 0 spiro atoms. The lowest BCUT2D eigenvalue weighted by atomic mass is 9.96. The highest BCUT2D eigenvalue weighted by Gasteiger charge is 2.19. The fourth-order valence-electron chi connectivity index (χ4n) is 2.57. The minimum Gasteiger partial charge on any atom is -0.396 e. The van der Waals surface area contributed by atoms with Crippen molar-refractivity contribution >= 4 is 10.9 Å². The van der Waals surface area contributed by atoms with Gasteiger partial charge in [-0.25, -0.2) is 4.98 Å². The first-order valence-corrected chi connectivity index (χ1v) is 6.93. The van der Waals surface area contributed by atoms with E-state index in [9.17, 15) is 5.11 Å². The second-order valence-corrected chi connectivity index (χ2v) is 5.46. The van der Waals surface area contributed by atoms with E-state index in [2.05, 4.69) is 40.9 Å². The Kier molecular flexibility index (Phi) is 3.32. The molecule has 1 atom stereocenters. The Morgan fingerprint density at radius 3 is 2.80 bits per heavy atom. The summed E-state index contributed by atoms with van der Waals surface area (Å²) in [5.41, 5.74) is 3.21. The number of fused-ring (bicyclic) bond motifs is 1. The molecule has 2 heterocycles. The second kappa shape index (κ2) is 5.13. The lowest BCUT2D eigenvalue weighted by Crippen LogP contribution is -2.12. The number of benzene rings is 1. The number of H-pyrrole nitrogens is 2. The third-order valence-corrected chi connectivity index (χ3v) is 3.83. The van der Waals surface area contributed by atoms with E-state index in [1.54, 1.807) is 0 Å². The largest absolute Gasteiger partial charge is 0.396 e. The Bertz CT molecular complexity index is 711. The predicted octanol–water partition coefficient (Wildman–Crippen LogP) is 3.29. The van der Waals surface area contributed by atoms with Gasteiger partial charge in [0.2, 0.25) is 0 Å². The Balaban J connectivity index is 2.01. The third-order valence-electron chi connectivity index (χ3n) is 3.83. The standard InChI is InChI=1S/C16H19N3O/c1-10(2)13(9-20)16-18-8-15(19-16)12-7-17-14-6-4-3-5-11(12)14/h3-8,10,13,17,20H,9H2,1-2H3,(H,18,19). The number of rotatable bonds is 4. The van der Waals surface area contributed by atoms with Crippen LogP contribution in [-0.4, -0.2) is 26.7 Å². The van der Waals surface area contributed by atoms with Gasteiger partial charge in [-0.2, -0.15) is 0 Å². The summed E-state index contributed by atoms with van der Waals surface area (Å²) < 4.78 is 0. The van der Waals surface area contributed by atoms with Crippen LogP contribution in [0.2, 0.25) is 0 Å². The van der Waals surface area contributed by atoms with Gasteiger partial charge >= 0.3 is 0 Å². The molecule has 0 saturated heterocycles. The first kappa shape index (κ1) is 12.9. The number of hydrogen-bond donors (Lipinski definition) is 3. The van der Waals surface area contributed by atoms with E-state index in [0.717, 1.165) is 22.6 Å². The van der Waals surface area contributed by atoms with Gasteiger partial charge in [-0.05, 0) is 12.0 Å². The predicted molar refractivity (Wildman–Crippen MR) is 80.5 cm³/mol. The number of hydrogen-bond acceptors (Lipinski definition) is 2. The fourth-order valence-corrected chi connectivity index (χ4v) is 2.57. The molecule has 104 valence electrons. The molecule has 3 aromatic rings. The van der Waals surface area contributed by atoms with Crippen LogP contribution in [0, 0.1) is 5.92 Å². The molecule has 0 fully saturated rings.